The van der Waals surface area contributed by atoms with Gasteiger partial charge in [-0.25, -0.2) is 0 Å². The molecule has 1 heterocycles. The van der Waals surface area contributed by atoms with E-state index in [1.165, 1.54) is 12.8 Å². The van der Waals surface area contributed by atoms with Crippen molar-refractivity contribution in [3.63, 3.8) is 0 Å². The highest BCUT2D eigenvalue weighted by atomic mass is 79.9. The summed E-state index contributed by atoms with van der Waals surface area (Å²) < 4.78 is 0.967. The molecule has 0 unspecified atom stereocenters. The second-order valence-corrected chi connectivity index (χ2v) is 4.83. The minimum atomic E-state index is 0.221. The van der Waals surface area contributed by atoms with Gasteiger partial charge >= 0.3 is 0 Å². The molecule has 15 heavy (non-hydrogen) atoms. The molecule has 1 aliphatic heterocycles. The summed E-state index contributed by atoms with van der Waals surface area (Å²) in [7, 11) is 0. The summed E-state index contributed by atoms with van der Waals surface area (Å²) in [6.07, 6.45) is 2.46. The van der Waals surface area contributed by atoms with E-state index >= 15 is 0 Å². The Hall–Kier alpha value is -0.670. The van der Waals surface area contributed by atoms with Gasteiger partial charge in [0.2, 0.25) is 0 Å². The van der Waals surface area contributed by atoms with Gasteiger partial charge in [-0.2, -0.15) is 0 Å². The molecule has 0 amide bonds. The number of rotatable bonds is 3. The molecule has 3 heteroatoms. The Morgan fingerprint density at radius 3 is 2.73 bits per heavy atom. The maximum absolute atomic E-state index is 11.9. The fraction of sp³-hybridized carbons (Fsp3) is 0.417. The third-order valence-electron chi connectivity index (χ3n) is 2.71. The third kappa shape index (κ3) is 2.89. The first-order valence-corrected chi connectivity index (χ1v) is 6.06. The van der Waals surface area contributed by atoms with Gasteiger partial charge in [0.1, 0.15) is 0 Å². The maximum atomic E-state index is 11.9. The average Bonchev–Trinajstić information content (AvgIpc) is 2.70. The van der Waals surface area contributed by atoms with Crippen LogP contribution in [0, 0.1) is 0 Å². The lowest BCUT2D eigenvalue weighted by Crippen LogP contribution is -2.26. The lowest BCUT2D eigenvalue weighted by molar-refractivity contribution is 0.0945. The van der Waals surface area contributed by atoms with Crippen molar-refractivity contribution >= 4 is 21.7 Å². The monoisotopic (exact) mass is 267 g/mol. The van der Waals surface area contributed by atoms with Crippen LogP contribution in [0.1, 0.15) is 23.2 Å². The van der Waals surface area contributed by atoms with Crippen LogP contribution < -0.4 is 0 Å². The van der Waals surface area contributed by atoms with Crippen LogP contribution in [-0.4, -0.2) is 30.3 Å². The molecule has 0 aromatic heterocycles. The van der Waals surface area contributed by atoms with Crippen molar-refractivity contribution in [2.45, 2.75) is 12.8 Å². The Kier molecular flexibility index (Phi) is 3.54. The summed E-state index contributed by atoms with van der Waals surface area (Å²) in [6, 6.07) is 7.61. The molecule has 0 saturated carbocycles. The number of ketones is 1. The molecule has 1 saturated heterocycles. The Labute approximate surface area is 98.4 Å². The van der Waals surface area contributed by atoms with Crippen LogP contribution >= 0.6 is 15.9 Å². The predicted molar refractivity (Wildman–Crippen MR) is 64.1 cm³/mol. The number of nitrogens with zero attached hydrogens (tertiary/aromatic N) is 1. The Morgan fingerprint density at radius 2 is 2.07 bits per heavy atom. The molecule has 2 nitrogen and oxygen atoms in total. The van der Waals surface area contributed by atoms with Crippen LogP contribution in [0.15, 0.2) is 28.7 Å². The van der Waals surface area contributed by atoms with Crippen molar-refractivity contribution in [3.05, 3.63) is 34.3 Å². The number of carbonyl (C=O) groups excluding carboxylic acids is 1. The number of hydrogen-bond donors (Lipinski definition) is 0. The van der Waals surface area contributed by atoms with Crippen molar-refractivity contribution in [1.82, 2.24) is 4.90 Å². The van der Waals surface area contributed by atoms with E-state index in [2.05, 4.69) is 20.8 Å². The molecule has 0 radical (unpaired) electrons. The van der Waals surface area contributed by atoms with Gasteiger partial charge in [-0.1, -0.05) is 28.1 Å². The van der Waals surface area contributed by atoms with Gasteiger partial charge in [0.25, 0.3) is 0 Å². The first-order chi connectivity index (χ1) is 7.25. The van der Waals surface area contributed by atoms with Crippen LogP contribution in [0.5, 0.6) is 0 Å². The minimum Gasteiger partial charge on any atom is -0.296 e. The van der Waals surface area contributed by atoms with E-state index in [9.17, 15) is 4.79 Å². The van der Waals surface area contributed by atoms with Gasteiger partial charge in [0.05, 0.1) is 6.54 Å². The first kappa shape index (κ1) is 10.8. The molecule has 0 spiro atoms. The smallest absolute Gasteiger partial charge is 0.176 e. The molecule has 0 aliphatic carbocycles. The van der Waals surface area contributed by atoms with Crippen LogP contribution in [-0.2, 0) is 0 Å². The number of halogens is 1. The standard InChI is InChI=1S/C12H14BrNO/c13-11-5-3-4-10(8-11)12(15)9-14-6-1-2-7-14/h3-5,8H,1-2,6-7,9H2. The second kappa shape index (κ2) is 4.90. The topological polar surface area (TPSA) is 20.3 Å². The van der Waals surface area contributed by atoms with Gasteiger partial charge in [-0.05, 0) is 38.1 Å². The maximum Gasteiger partial charge on any atom is 0.176 e. The van der Waals surface area contributed by atoms with Crippen molar-refractivity contribution in [3.8, 4) is 0 Å². The first-order valence-electron chi connectivity index (χ1n) is 5.27. The summed E-state index contributed by atoms with van der Waals surface area (Å²) >= 11 is 3.38. The van der Waals surface area contributed by atoms with Crippen molar-refractivity contribution in [2.24, 2.45) is 0 Å². The van der Waals surface area contributed by atoms with E-state index < -0.39 is 0 Å². The Morgan fingerprint density at radius 1 is 1.33 bits per heavy atom. The quantitative estimate of drug-likeness (QED) is 0.785. The Balaban J connectivity index is 2.01. The van der Waals surface area contributed by atoms with E-state index in [1.807, 2.05) is 24.3 Å². The van der Waals surface area contributed by atoms with E-state index in [0.717, 1.165) is 23.1 Å². The summed E-state index contributed by atoms with van der Waals surface area (Å²) in [5.74, 6) is 0.221. The molecule has 0 N–H and O–H groups in total. The highest BCUT2D eigenvalue weighted by molar-refractivity contribution is 9.10. The molecule has 2 rings (SSSR count). The molecule has 80 valence electrons. The second-order valence-electron chi connectivity index (χ2n) is 3.92. The van der Waals surface area contributed by atoms with Crippen molar-refractivity contribution in [2.75, 3.05) is 19.6 Å². The summed E-state index contributed by atoms with van der Waals surface area (Å²) in [4.78, 5) is 14.1. The SMILES string of the molecule is O=C(CN1CCCC1)c1cccc(Br)c1. The molecule has 1 aliphatic rings. The third-order valence-corrected chi connectivity index (χ3v) is 3.21. The zero-order valence-electron chi connectivity index (χ0n) is 8.58. The zero-order valence-corrected chi connectivity index (χ0v) is 10.2. The van der Waals surface area contributed by atoms with Crippen LogP contribution in [0.4, 0.5) is 0 Å². The fourth-order valence-electron chi connectivity index (χ4n) is 1.90. The molecule has 1 fully saturated rings. The number of hydrogen-bond acceptors (Lipinski definition) is 2. The molecule has 0 bridgehead atoms. The van der Waals surface area contributed by atoms with Gasteiger partial charge in [-0.3, -0.25) is 9.69 Å². The zero-order chi connectivity index (χ0) is 10.7. The summed E-state index contributed by atoms with van der Waals surface area (Å²) in [6.45, 7) is 2.70. The van der Waals surface area contributed by atoms with Crippen LogP contribution in [0.3, 0.4) is 0 Å². The van der Waals surface area contributed by atoms with E-state index in [0.29, 0.717) is 6.54 Å². The Bertz CT molecular complexity index is 358. The fourth-order valence-corrected chi connectivity index (χ4v) is 2.30. The number of Topliss-reactive ketones (excluding diaryl/α,β-unsaturated/α-hetero) is 1. The number of carbonyl (C=O) groups is 1. The summed E-state index contributed by atoms with van der Waals surface area (Å²) in [5.41, 5.74) is 0.802. The lowest BCUT2D eigenvalue weighted by Gasteiger charge is -2.13. The van der Waals surface area contributed by atoms with Crippen molar-refractivity contribution in [1.29, 1.82) is 0 Å². The largest absolute Gasteiger partial charge is 0.296 e. The highest BCUT2D eigenvalue weighted by Crippen LogP contribution is 2.14. The minimum absolute atomic E-state index is 0.221. The van der Waals surface area contributed by atoms with Gasteiger partial charge in [0, 0.05) is 10.0 Å². The number of benzene rings is 1. The molecule has 1 aromatic carbocycles. The van der Waals surface area contributed by atoms with Gasteiger partial charge < -0.3 is 0 Å². The highest BCUT2D eigenvalue weighted by Gasteiger charge is 2.16. The molecule has 1 aromatic rings. The van der Waals surface area contributed by atoms with Crippen LogP contribution in [0.25, 0.3) is 0 Å². The van der Waals surface area contributed by atoms with E-state index in [1.54, 1.807) is 0 Å². The van der Waals surface area contributed by atoms with E-state index in [4.69, 9.17) is 0 Å². The molecular formula is C12H14BrNO. The van der Waals surface area contributed by atoms with Crippen LogP contribution in [0.2, 0.25) is 0 Å². The molecular weight excluding hydrogens is 254 g/mol. The average molecular weight is 268 g/mol. The summed E-state index contributed by atoms with van der Waals surface area (Å²) in [5, 5.41) is 0. The molecule has 0 atom stereocenters. The normalized spacial score (nSPS) is 16.9. The van der Waals surface area contributed by atoms with E-state index in [-0.39, 0.29) is 5.78 Å². The lowest BCUT2D eigenvalue weighted by atomic mass is 10.1. The predicted octanol–water partition coefficient (Wildman–Crippen LogP) is 2.73. The number of likely N-dealkylation sites (tertiary alicyclic amines) is 1. The van der Waals surface area contributed by atoms with Gasteiger partial charge in [0.15, 0.2) is 5.78 Å². The van der Waals surface area contributed by atoms with Crippen molar-refractivity contribution < 1.29 is 4.79 Å². The van der Waals surface area contributed by atoms with Gasteiger partial charge in [-0.15, -0.1) is 0 Å².